The van der Waals surface area contributed by atoms with Gasteiger partial charge in [-0.2, -0.15) is 0 Å². The van der Waals surface area contributed by atoms with Gasteiger partial charge in [-0.1, -0.05) is 28.4 Å². The third-order valence-electron chi connectivity index (χ3n) is 4.96. The molecule has 0 unspecified atom stereocenters. The standard InChI is InChI=1S/C20H31BrN4O2/c1-3-22-19(25-15-20(8-5-9-20)10-13-27-2)24-12-11-23-18(26)16-6-4-7-17(21)14-16/h4,6-7,14H,3,5,8-13,15H2,1-2H3,(H,23,26)(H2,22,24,25). The number of carbonyl (C=O) groups excluding carboxylic acids is 1. The number of amides is 1. The van der Waals surface area contributed by atoms with E-state index in [1.165, 1.54) is 19.3 Å². The number of carbonyl (C=O) groups is 1. The molecule has 0 saturated heterocycles. The van der Waals surface area contributed by atoms with E-state index in [1.54, 1.807) is 13.2 Å². The van der Waals surface area contributed by atoms with Crippen molar-refractivity contribution in [3.8, 4) is 0 Å². The molecule has 150 valence electrons. The van der Waals surface area contributed by atoms with Crippen LogP contribution in [-0.2, 0) is 4.74 Å². The first kappa shape index (κ1) is 21.7. The normalized spacial score (nSPS) is 15.7. The topological polar surface area (TPSA) is 74.8 Å². The number of methoxy groups -OCH3 is 1. The van der Waals surface area contributed by atoms with Crippen molar-refractivity contribution in [2.24, 2.45) is 10.4 Å². The predicted molar refractivity (Wildman–Crippen MR) is 113 cm³/mol. The number of aliphatic imine (C=N–C) groups is 1. The van der Waals surface area contributed by atoms with Gasteiger partial charge in [-0.15, -0.1) is 0 Å². The zero-order chi connectivity index (χ0) is 19.5. The quantitative estimate of drug-likeness (QED) is 0.298. The molecule has 1 aliphatic rings. The zero-order valence-electron chi connectivity index (χ0n) is 16.3. The summed E-state index contributed by atoms with van der Waals surface area (Å²) in [6, 6.07) is 7.37. The number of hydrogen-bond acceptors (Lipinski definition) is 3. The minimum Gasteiger partial charge on any atom is -0.385 e. The van der Waals surface area contributed by atoms with Crippen LogP contribution in [0.2, 0.25) is 0 Å². The Morgan fingerprint density at radius 2 is 2.04 bits per heavy atom. The van der Waals surface area contributed by atoms with Gasteiger partial charge in [-0.25, -0.2) is 0 Å². The lowest BCUT2D eigenvalue weighted by molar-refractivity contribution is 0.0778. The van der Waals surface area contributed by atoms with Gasteiger partial charge in [-0.05, 0) is 49.8 Å². The molecule has 1 saturated carbocycles. The van der Waals surface area contributed by atoms with Crippen LogP contribution < -0.4 is 16.0 Å². The van der Waals surface area contributed by atoms with Crippen LogP contribution in [0.5, 0.6) is 0 Å². The zero-order valence-corrected chi connectivity index (χ0v) is 17.9. The summed E-state index contributed by atoms with van der Waals surface area (Å²) in [5.74, 6) is 0.728. The highest BCUT2D eigenvalue weighted by atomic mass is 79.9. The van der Waals surface area contributed by atoms with E-state index >= 15 is 0 Å². The van der Waals surface area contributed by atoms with Gasteiger partial charge in [0.05, 0.1) is 0 Å². The molecule has 1 aromatic rings. The molecule has 1 aromatic carbocycles. The second-order valence-corrected chi connectivity index (χ2v) is 7.90. The maximum absolute atomic E-state index is 12.2. The van der Waals surface area contributed by atoms with Crippen LogP contribution in [0.4, 0.5) is 0 Å². The number of ether oxygens (including phenoxy) is 1. The first-order chi connectivity index (χ1) is 13.1. The number of hydrogen-bond donors (Lipinski definition) is 3. The maximum atomic E-state index is 12.2. The fraction of sp³-hybridized carbons (Fsp3) is 0.600. The smallest absolute Gasteiger partial charge is 0.251 e. The highest BCUT2D eigenvalue weighted by Crippen LogP contribution is 2.44. The molecule has 1 amide bonds. The highest BCUT2D eigenvalue weighted by molar-refractivity contribution is 9.10. The van der Waals surface area contributed by atoms with Crippen molar-refractivity contribution in [2.45, 2.75) is 32.6 Å². The van der Waals surface area contributed by atoms with Crippen molar-refractivity contribution in [2.75, 3.05) is 39.9 Å². The highest BCUT2D eigenvalue weighted by Gasteiger charge is 2.36. The van der Waals surface area contributed by atoms with Crippen molar-refractivity contribution in [3.63, 3.8) is 0 Å². The van der Waals surface area contributed by atoms with E-state index < -0.39 is 0 Å². The average molecular weight is 439 g/mol. The van der Waals surface area contributed by atoms with Crippen LogP contribution in [0, 0.1) is 5.41 Å². The molecule has 1 fully saturated rings. The van der Waals surface area contributed by atoms with E-state index in [0.717, 1.165) is 36.5 Å². The molecule has 0 atom stereocenters. The number of nitrogens with zero attached hydrogens (tertiary/aromatic N) is 1. The summed E-state index contributed by atoms with van der Waals surface area (Å²) < 4.78 is 6.15. The second kappa shape index (κ2) is 11.3. The Hall–Kier alpha value is -1.60. The van der Waals surface area contributed by atoms with Gasteiger partial charge in [0.2, 0.25) is 0 Å². The Labute approximate surface area is 170 Å². The van der Waals surface area contributed by atoms with Crippen LogP contribution in [0.25, 0.3) is 0 Å². The van der Waals surface area contributed by atoms with E-state index in [4.69, 9.17) is 9.73 Å². The van der Waals surface area contributed by atoms with Gasteiger partial charge >= 0.3 is 0 Å². The van der Waals surface area contributed by atoms with Gasteiger partial charge in [0.15, 0.2) is 5.96 Å². The molecule has 0 aromatic heterocycles. The molecule has 7 heteroatoms. The lowest BCUT2D eigenvalue weighted by Gasteiger charge is -2.40. The van der Waals surface area contributed by atoms with Gasteiger partial charge < -0.3 is 20.7 Å². The summed E-state index contributed by atoms with van der Waals surface area (Å²) in [7, 11) is 1.75. The average Bonchev–Trinajstić information content (AvgIpc) is 2.63. The van der Waals surface area contributed by atoms with Crippen LogP contribution in [0.15, 0.2) is 33.7 Å². The van der Waals surface area contributed by atoms with Crippen molar-refractivity contribution < 1.29 is 9.53 Å². The molecule has 27 heavy (non-hydrogen) atoms. The first-order valence-corrected chi connectivity index (χ1v) is 10.4. The molecule has 3 N–H and O–H groups in total. The Morgan fingerprint density at radius 3 is 2.67 bits per heavy atom. The molecule has 0 spiro atoms. The monoisotopic (exact) mass is 438 g/mol. The molecular formula is C20H31BrN4O2. The summed E-state index contributed by atoms with van der Waals surface area (Å²) in [4.78, 5) is 16.9. The van der Waals surface area contributed by atoms with Crippen molar-refractivity contribution in [3.05, 3.63) is 34.3 Å². The summed E-state index contributed by atoms with van der Waals surface area (Å²) in [6.45, 7) is 5.62. The minimum atomic E-state index is -0.0759. The maximum Gasteiger partial charge on any atom is 0.251 e. The fourth-order valence-corrected chi connectivity index (χ4v) is 3.56. The molecule has 0 bridgehead atoms. The summed E-state index contributed by atoms with van der Waals surface area (Å²) in [5, 5.41) is 9.50. The second-order valence-electron chi connectivity index (χ2n) is 6.98. The SMILES string of the molecule is CCNC(=NCC1(CCOC)CCC1)NCCNC(=O)c1cccc(Br)c1. The molecule has 6 nitrogen and oxygen atoms in total. The van der Waals surface area contributed by atoms with E-state index in [9.17, 15) is 4.79 Å². The van der Waals surface area contributed by atoms with Gasteiger partial charge in [0.1, 0.15) is 0 Å². The Bertz CT molecular complexity index is 632. The number of benzene rings is 1. The molecule has 0 heterocycles. The van der Waals surface area contributed by atoms with Crippen LogP contribution >= 0.6 is 15.9 Å². The summed E-state index contributed by atoms with van der Waals surface area (Å²) in [5.41, 5.74) is 0.947. The van der Waals surface area contributed by atoms with E-state index in [-0.39, 0.29) is 5.91 Å². The van der Waals surface area contributed by atoms with Crippen LogP contribution in [0.3, 0.4) is 0 Å². The van der Waals surface area contributed by atoms with Crippen molar-refractivity contribution in [1.82, 2.24) is 16.0 Å². The molecule has 1 aliphatic carbocycles. The molecule has 0 radical (unpaired) electrons. The van der Waals surface area contributed by atoms with Crippen LogP contribution in [0.1, 0.15) is 43.0 Å². The lowest BCUT2D eigenvalue weighted by Crippen LogP contribution is -2.43. The lowest BCUT2D eigenvalue weighted by atomic mass is 9.67. The first-order valence-electron chi connectivity index (χ1n) is 9.63. The third kappa shape index (κ3) is 7.14. The molecule has 0 aliphatic heterocycles. The van der Waals surface area contributed by atoms with Gasteiger partial charge in [-0.3, -0.25) is 9.79 Å². The van der Waals surface area contributed by atoms with E-state index in [2.05, 4.69) is 38.8 Å². The van der Waals surface area contributed by atoms with Gasteiger partial charge in [0, 0.05) is 49.9 Å². The largest absolute Gasteiger partial charge is 0.385 e. The molecular weight excluding hydrogens is 408 g/mol. The summed E-state index contributed by atoms with van der Waals surface area (Å²) >= 11 is 3.38. The number of halogens is 1. The number of nitrogens with one attached hydrogen (secondary N) is 3. The van der Waals surface area contributed by atoms with Crippen LogP contribution in [-0.4, -0.2) is 51.8 Å². The van der Waals surface area contributed by atoms with E-state index in [1.807, 2.05) is 18.2 Å². The van der Waals surface area contributed by atoms with Gasteiger partial charge in [0.25, 0.3) is 5.91 Å². The summed E-state index contributed by atoms with van der Waals surface area (Å²) in [6.07, 6.45) is 4.80. The number of guanidine groups is 1. The third-order valence-corrected chi connectivity index (χ3v) is 5.45. The Kier molecular flexibility index (Phi) is 9.07. The van der Waals surface area contributed by atoms with E-state index in [0.29, 0.717) is 24.1 Å². The van der Waals surface area contributed by atoms with Crippen molar-refractivity contribution in [1.29, 1.82) is 0 Å². The Balaban J connectivity index is 1.77. The fourth-order valence-electron chi connectivity index (χ4n) is 3.16. The Morgan fingerprint density at radius 1 is 1.26 bits per heavy atom. The number of rotatable bonds is 10. The minimum absolute atomic E-state index is 0.0759. The van der Waals surface area contributed by atoms with Crippen molar-refractivity contribution >= 4 is 27.8 Å². The molecule has 2 rings (SSSR count). The predicted octanol–water partition coefficient (Wildman–Crippen LogP) is 2.94.